The van der Waals surface area contributed by atoms with Crippen LogP contribution in [0.5, 0.6) is 0 Å². The molecular formula is C2H2F2O3S. The number of aliphatic hydroxyl groups is 1. The lowest BCUT2D eigenvalue weighted by Crippen LogP contribution is -1.79. The van der Waals surface area contributed by atoms with Crippen LogP contribution in [0, 0.1) is 0 Å². The van der Waals surface area contributed by atoms with E-state index in [2.05, 4.69) is 0 Å². The molecule has 1 N–H and O–H groups in total. The van der Waals surface area contributed by atoms with Gasteiger partial charge in [-0.15, -0.1) is 0 Å². The Kier molecular flexibility index (Phi) is 2.40. The highest BCUT2D eigenvalue weighted by atomic mass is 32.2. The van der Waals surface area contributed by atoms with Crippen molar-refractivity contribution in [1.29, 1.82) is 0 Å². The molecule has 48 valence electrons. The lowest BCUT2D eigenvalue weighted by molar-refractivity contribution is 0.267. The van der Waals surface area contributed by atoms with E-state index >= 15 is 0 Å². The second kappa shape index (κ2) is 2.61. The SMILES string of the molecule is O=[SH](=O)C(F)=C(O)F. The maximum absolute atomic E-state index is 11.3. The third kappa shape index (κ3) is 1.87. The molecule has 6 heteroatoms. The minimum absolute atomic E-state index is 2.14. The number of thiol groups is 1. The molecule has 0 unspecified atom stereocenters. The molecule has 0 aromatic carbocycles. The summed E-state index contributed by atoms with van der Waals surface area (Å²) in [5.74, 6) is 0. The van der Waals surface area contributed by atoms with Gasteiger partial charge in [0.25, 0.3) is 5.16 Å². The summed E-state index contributed by atoms with van der Waals surface area (Å²) >= 11 is 0. The predicted octanol–water partition coefficient (Wildman–Crippen LogP) is 0.221. The highest BCUT2D eigenvalue weighted by Crippen LogP contribution is 2.03. The molecule has 0 aromatic rings. The smallest absolute Gasteiger partial charge is 0.318 e. The molecule has 0 spiro atoms. The van der Waals surface area contributed by atoms with Gasteiger partial charge in [0.2, 0.25) is 10.7 Å². The van der Waals surface area contributed by atoms with E-state index in [0.29, 0.717) is 0 Å². The summed E-state index contributed by atoms with van der Waals surface area (Å²) in [5, 5.41) is 5.31. The summed E-state index contributed by atoms with van der Waals surface area (Å²) in [6.07, 6.45) is 0. The van der Waals surface area contributed by atoms with Crippen LogP contribution in [0.15, 0.2) is 11.2 Å². The topological polar surface area (TPSA) is 54.4 Å². The van der Waals surface area contributed by atoms with Crippen molar-refractivity contribution < 1.29 is 22.3 Å². The first kappa shape index (κ1) is 7.35. The lowest BCUT2D eigenvalue weighted by atomic mass is 11.0. The number of hydrogen-bond acceptors (Lipinski definition) is 3. The van der Waals surface area contributed by atoms with Gasteiger partial charge in [0.1, 0.15) is 0 Å². The Labute approximate surface area is 45.2 Å². The molecule has 8 heavy (non-hydrogen) atoms. The zero-order valence-electron chi connectivity index (χ0n) is 3.47. The average molecular weight is 144 g/mol. The van der Waals surface area contributed by atoms with Crippen LogP contribution in [-0.4, -0.2) is 13.5 Å². The summed E-state index contributed by atoms with van der Waals surface area (Å²) in [6.45, 7) is 0. The Morgan fingerprint density at radius 1 is 1.38 bits per heavy atom. The summed E-state index contributed by atoms with van der Waals surface area (Å²) in [7, 11) is -3.61. The van der Waals surface area contributed by atoms with Gasteiger partial charge in [0.15, 0.2) is 0 Å². The van der Waals surface area contributed by atoms with Gasteiger partial charge in [-0.1, -0.05) is 0 Å². The zero-order chi connectivity index (χ0) is 6.73. The lowest BCUT2D eigenvalue weighted by Gasteiger charge is -1.78. The molecule has 0 fully saturated rings. The maximum Gasteiger partial charge on any atom is 0.318 e. The molecule has 0 aliphatic heterocycles. The number of halogens is 2. The van der Waals surface area contributed by atoms with Gasteiger partial charge in [-0.25, -0.2) is 8.42 Å². The van der Waals surface area contributed by atoms with Crippen molar-refractivity contribution in [2.24, 2.45) is 0 Å². The summed E-state index contributed by atoms with van der Waals surface area (Å²) in [6, 6.07) is -2.30. The monoisotopic (exact) mass is 144 g/mol. The van der Waals surface area contributed by atoms with Crippen LogP contribution >= 0.6 is 0 Å². The fourth-order valence-corrected chi connectivity index (χ4v) is 0.226. The molecule has 0 aromatic heterocycles. The Morgan fingerprint density at radius 3 is 1.75 bits per heavy atom. The van der Waals surface area contributed by atoms with Crippen molar-refractivity contribution in [2.75, 3.05) is 0 Å². The van der Waals surface area contributed by atoms with Gasteiger partial charge in [-0.2, -0.15) is 8.78 Å². The Hall–Kier alpha value is -0.650. The normalized spacial score (nSPS) is 13.9. The van der Waals surface area contributed by atoms with Gasteiger partial charge < -0.3 is 5.11 Å². The van der Waals surface area contributed by atoms with Crippen molar-refractivity contribution in [1.82, 2.24) is 0 Å². The van der Waals surface area contributed by atoms with Crippen LogP contribution in [0.2, 0.25) is 0 Å². The largest absolute Gasteiger partial charge is 0.484 e. The molecule has 0 saturated heterocycles. The van der Waals surface area contributed by atoms with Gasteiger partial charge >= 0.3 is 6.01 Å². The van der Waals surface area contributed by atoms with Crippen LogP contribution < -0.4 is 0 Å². The molecule has 0 heterocycles. The van der Waals surface area contributed by atoms with Crippen molar-refractivity contribution in [3.05, 3.63) is 11.2 Å². The molecule has 0 rings (SSSR count). The Morgan fingerprint density at radius 2 is 1.75 bits per heavy atom. The van der Waals surface area contributed by atoms with Crippen LogP contribution in [0.3, 0.4) is 0 Å². The maximum atomic E-state index is 11.3. The Balaban J connectivity index is 4.48. The molecular weight excluding hydrogens is 142 g/mol. The van der Waals surface area contributed by atoms with E-state index in [9.17, 15) is 17.2 Å². The van der Waals surface area contributed by atoms with Crippen LogP contribution in [0.25, 0.3) is 0 Å². The van der Waals surface area contributed by atoms with Gasteiger partial charge in [0.05, 0.1) is 0 Å². The van der Waals surface area contributed by atoms with Crippen molar-refractivity contribution in [3.8, 4) is 0 Å². The minimum Gasteiger partial charge on any atom is -0.484 e. The fourth-order valence-electron chi connectivity index (χ4n) is 0.0753. The summed E-state index contributed by atoms with van der Waals surface area (Å²) < 4.78 is 41.0. The minimum atomic E-state index is -3.61. The van der Waals surface area contributed by atoms with Crippen LogP contribution in [-0.2, 0) is 10.7 Å². The molecule has 0 atom stereocenters. The zero-order valence-corrected chi connectivity index (χ0v) is 4.36. The highest BCUT2D eigenvalue weighted by molar-refractivity contribution is 7.76. The van der Waals surface area contributed by atoms with Crippen LogP contribution in [0.1, 0.15) is 0 Å². The molecule has 0 aliphatic rings. The molecule has 0 aliphatic carbocycles. The second-order valence-corrected chi connectivity index (χ2v) is 1.75. The quantitative estimate of drug-likeness (QED) is 0.409. The first-order valence-corrected chi connectivity index (χ1v) is 2.62. The molecule has 0 bridgehead atoms. The van der Waals surface area contributed by atoms with Gasteiger partial charge in [-0.05, 0) is 0 Å². The van der Waals surface area contributed by atoms with Gasteiger partial charge in [0, 0.05) is 0 Å². The van der Waals surface area contributed by atoms with E-state index in [-0.39, 0.29) is 0 Å². The van der Waals surface area contributed by atoms with E-state index in [0.717, 1.165) is 0 Å². The predicted molar refractivity (Wildman–Crippen MR) is 22.2 cm³/mol. The highest BCUT2D eigenvalue weighted by Gasteiger charge is 2.04. The third-order valence-corrected chi connectivity index (χ3v) is 0.836. The van der Waals surface area contributed by atoms with E-state index < -0.39 is 21.9 Å². The number of rotatable bonds is 1. The van der Waals surface area contributed by atoms with Crippen LogP contribution in [0.4, 0.5) is 8.78 Å². The van der Waals surface area contributed by atoms with E-state index in [1.54, 1.807) is 0 Å². The van der Waals surface area contributed by atoms with E-state index in [1.165, 1.54) is 0 Å². The van der Waals surface area contributed by atoms with E-state index in [1.807, 2.05) is 0 Å². The number of hydrogen-bond donors (Lipinski definition) is 2. The second-order valence-electron chi connectivity index (χ2n) is 0.839. The number of aliphatic hydroxyl groups excluding tert-OH is 1. The van der Waals surface area contributed by atoms with Crippen molar-refractivity contribution in [3.63, 3.8) is 0 Å². The van der Waals surface area contributed by atoms with Crippen molar-refractivity contribution in [2.45, 2.75) is 0 Å². The first-order chi connectivity index (χ1) is 3.55. The molecule has 0 amide bonds. The average Bonchev–Trinajstić information content (AvgIpc) is 1.64. The molecule has 0 radical (unpaired) electrons. The molecule has 3 nitrogen and oxygen atoms in total. The summed E-state index contributed by atoms with van der Waals surface area (Å²) in [5.41, 5.74) is 0. The standard InChI is InChI=1S/C2H2F2O3S/c3-1(5)2(4)8(6)7/h5,8H. The first-order valence-electron chi connectivity index (χ1n) is 1.44. The van der Waals surface area contributed by atoms with Crippen molar-refractivity contribution >= 4 is 10.7 Å². The fraction of sp³-hybridized carbons (Fsp3) is 0. The third-order valence-electron chi connectivity index (χ3n) is 0.331. The Bertz CT molecular complexity index is 170. The summed E-state index contributed by atoms with van der Waals surface area (Å²) in [4.78, 5) is 0. The van der Waals surface area contributed by atoms with Gasteiger partial charge in [-0.3, -0.25) is 0 Å². The molecule has 0 saturated carbocycles. The van der Waals surface area contributed by atoms with E-state index in [4.69, 9.17) is 5.11 Å².